The van der Waals surface area contributed by atoms with Crippen molar-refractivity contribution in [2.24, 2.45) is 0 Å². The molecule has 1 heterocycles. The number of aromatic nitrogens is 2. The zero-order chi connectivity index (χ0) is 21.7. The molecule has 0 spiro atoms. The zero-order valence-electron chi connectivity index (χ0n) is 17.3. The van der Waals surface area contributed by atoms with E-state index in [4.69, 9.17) is 4.74 Å². The van der Waals surface area contributed by atoms with Gasteiger partial charge in [0.15, 0.2) is 0 Å². The van der Waals surface area contributed by atoms with Gasteiger partial charge in [0, 0.05) is 18.2 Å². The van der Waals surface area contributed by atoms with Crippen LogP contribution in [0, 0.1) is 13.8 Å². The fourth-order valence-corrected chi connectivity index (χ4v) is 4.01. The number of ether oxygens (including phenoxy) is 1. The molecule has 0 aliphatic carbocycles. The van der Waals surface area contributed by atoms with Crippen molar-refractivity contribution in [1.82, 2.24) is 14.5 Å². The van der Waals surface area contributed by atoms with E-state index in [-0.39, 0.29) is 23.5 Å². The molecule has 30 heavy (non-hydrogen) atoms. The van der Waals surface area contributed by atoms with Gasteiger partial charge >= 0.3 is 0 Å². The van der Waals surface area contributed by atoms with Crippen molar-refractivity contribution in [2.45, 2.75) is 32.2 Å². The third kappa shape index (κ3) is 5.14. The SMILES string of the molecule is CCOc1ccc(-c2ccc(=O)n(CCNS(=O)(=O)c3ccc(C)c(C)c3)n2)cc1. The Morgan fingerprint density at radius 3 is 2.40 bits per heavy atom. The van der Waals surface area contributed by atoms with Crippen LogP contribution in [0.25, 0.3) is 11.3 Å². The molecule has 0 amide bonds. The molecule has 0 aliphatic heterocycles. The minimum Gasteiger partial charge on any atom is -0.494 e. The second-order valence-electron chi connectivity index (χ2n) is 6.88. The maximum absolute atomic E-state index is 12.5. The van der Waals surface area contributed by atoms with Crippen molar-refractivity contribution in [2.75, 3.05) is 13.2 Å². The van der Waals surface area contributed by atoms with Gasteiger partial charge < -0.3 is 4.74 Å². The van der Waals surface area contributed by atoms with Crippen LogP contribution in [0.3, 0.4) is 0 Å². The Balaban J connectivity index is 1.71. The van der Waals surface area contributed by atoms with Crippen LogP contribution in [-0.2, 0) is 16.6 Å². The van der Waals surface area contributed by atoms with Gasteiger partial charge in [-0.1, -0.05) is 6.07 Å². The largest absolute Gasteiger partial charge is 0.494 e. The molecule has 0 atom stereocenters. The average Bonchev–Trinajstić information content (AvgIpc) is 2.72. The summed E-state index contributed by atoms with van der Waals surface area (Å²) in [6, 6.07) is 15.5. The van der Waals surface area contributed by atoms with Crippen LogP contribution in [0.5, 0.6) is 5.75 Å². The first kappa shape index (κ1) is 21.7. The van der Waals surface area contributed by atoms with Gasteiger partial charge in [-0.25, -0.2) is 17.8 Å². The summed E-state index contributed by atoms with van der Waals surface area (Å²) in [5.74, 6) is 0.760. The number of hydrogen-bond donors (Lipinski definition) is 1. The molecule has 1 N–H and O–H groups in total. The van der Waals surface area contributed by atoms with Crippen molar-refractivity contribution < 1.29 is 13.2 Å². The number of rotatable bonds is 8. The summed E-state index contributed by atoms with van der Waals surface area (Å²) in [7, 11) is -3.66. The summed E-state index contributed by atoms with van der Waals surface area (Å²) in [5.41, 5.74) is 3.09. The monoisotopic (exact) mass is 427 g/mol. The molecule has 0 radical (unpaired) electrons. The van der Waals surface area contributed by atoms with Crippen molar-refractivity contribution >= 4 is 10.0 Å². The van der Waals surface area contributed by atoms with E-state index < -0.39 is 10.0 Å². The van der Waals surface area contributed by atoms with Gasteiger partial charge in [-0.15, -0.1) is 0 Å². The van der Waals surface area contributed by atoms with E-state index in [2.05, 4.69) is 9.82 Å². The highest BCUT2D eigenvalue weighted by molar-refractivity contribution is 7.89. The first-order chi connectivity index (χ1) is 14.3. The standard InChI is InChI=1S/C22H25N3O4S/c1-4-29-19-8-6-18(7-9-19)21-11-12-22(26)25(24-21)14-13-23-30(27,28)20-10-5-16(2)17(3)15-20/h5-12,15,23H,4,13-14H2,1-3H3. The van der Waals surface area contributed by atoms with E-state index in [1.165, 1.54) is 10.7 Å². The summed E-state index contributed by atoms with van der Waals surface area (Å²) in [4.78, 5) is 12.4. The van der Waals surface area contributed by atoms with Crippen LogP contribution in [0.15, 0.2) is 64.3 Å². The topological polar surface area (TPSA) is 90.3 Å². The van der Waals surface area contributed by atoms with Gasteiger partial charge in [-0.2, -0.15) is 5.10 Å². The summed E-state index contributed by atoms with van der Waals surface area (Å²) >= 11 is 0. The Kier molecular flexibility index (Phi) is 6.69. The number of hydrogen-bond acceptors (Lipinski definition) is 5. The molecule has 2 aromatic carbocycles. The zero-order valence-corrected chi connectivity index (χ0v) is 18.1. The van der Waals surface area contributed by atoms with Crippen LogP contribution in [-0.4, -0.2) is 31.3 Å². The molecule has 0 unspecified atom stereocenters. The van der Waals surface area contributed by atoms with Crippen LogP contribution in [0.4, 0.5) is 0 Å². The van der Waals surface area contributed by atoms with E-state index in [9.17, 15) is 13.2 Å². The maximum atomic E-state index is 12.5. The van der Waals surface area contributed by atoms with Crippen molar-refractivity contribution in [3.63, 3.8) is 0 Å². The minimum atomic E-state index is -3.66. The predicted octanol–water partition coefficient (Wildman–Crippen LogP) is 2.90. The fourth-order valence-electron chi connectivity index (χ4n) is 2.90. The van der Waals surface area contributed by atoms with Gasteiger partial charge in [0.05, 0.1) is 23.7 Å². The summed E-state index contributed by atoms with van der Waals surface area (Å²) in [6.07, 6.45) is 0. The Morgan fingerprint density at radius 2 is 1.73 bits per heavy atom. The highest BCUT2D eigenvalue weighted by Crippen LogP contribution is 2.20. The normalized spacial score (nSPS) is 11.4. The fraction of sp³-hybridized carbons (Fsp3) is 0.273. The van der Waals surface area contributed by atoms with Gasteiger partial charge in [0.25, 0.3) is 5.56 Å². The quantitative estimate of drug-likeness (QED) is 0.597. The first-order valence-corrected chi connectivity index (χ1v) is 11.2. The van der Waals surface area contributed by atoms with Crippen LogP contribution in [0.1, 0.15) is 18.1 Å². The third-order valence-electron chi connectivity index (χ3n) is 4.73. The number of benzene rings is 2. The number of sulfonamides is 1. The molecule has 0 saturated carbocycles. The second kappa shape index (κ2) is 9.23. The molecule has 3 aromatic rings. The van der Waals surface area contributed by atoms with Crippen LogP contribution in [0.2, 0.25) is 0 Å². The van der Waals surface area contributed by atoms with E-state index in [1.807, 2.05) is 45.0 Å². The molecule has 8 heteroatoms. The summed E-state index contributed by atoms with van der Waals surface area (Å²) < 4.78 is 34.3. The van der Waals surface area contributed by atoms with Gasteiger partial charge in [0.1, 0.15) is 5.75 Å². The number of nitrogens with one attached hydrogen (secondary N) is 1. The Morgan fingerprint density at radius 1 is 1.00 bits per heavy atom. The van der Waals surface area contributed by atoms with E-state index in [0.29, 0.717) is 12.3 Å². The summed E-state index contributed by atoms with van der Waals surface area (Å²) in [6.45, 7) is 6.46. The highest BCUT2D eigenvalue weighted by atomic mass is 32.2. The lowest BCUT2D eigenvalue weighted by molar-refractivity contribution is 0.340. The van der Waals surface area contributed by atoms with Crippen molar-refractivity contribution in [3.05, 3.63) is 76.1 Å². The van der Waals surface area contributed by atoms with E-state index in [0.717, 1.165) is 22.4 Å². The molecule has 0 saturated heterocycles. The molecule has 1 aromatic heterocycles. The van der Waals surface area contributed by atoms with Crippen LogP contribution < -0.4 is 15.0 Å². The average molecular weight is 428 g/mol. The van der Waals surface area contributed by atoms with Gasteiger partial charge in [-0.05, 0) is 74.4 Å². The molecule has 0 fully saturated rings. The maximum Gasteiger partial charge on any atom is 0.266 e. The molecule has 0 aliphatic rings. The lowest BCUT2D eigenvalue weighted by atomic mass is 10.1. The molecular weight excluding hydrogens is 402 g/mol. The summed E-state index contributed by atoms with van der Waals surface area (Å²) in [5, 5.41) is 4.36. The highest BCUT2D eigenvalue weighted by Gasteiger charge is 2.14. The molecule has 158 valence electrons. The third-order valence-corrected chi connectivity index (χ3v) is 6.19. The van der Waals surface area contributed by atoms with Gasteiger partial charge in [-0.3, -0.25) is 4.79 Å². The lowest BCUT2D eigenvalue weighted by Crippen LogP contribution is -2.32. The van der Waals surface area contributed by atoms with E-state index in [1.54, 1.807) is 24.3 Å². The molecular formula is C22H25N3O4S. The Labute approximate surface area is 176 Å². The second-order valence-corrected chi connectivity index (χ2v) is 8.65. The number of aryl methyl sites for hydroxylation is 2. The molecule has 3 rings (SSSR count). The van der Waals surface area contributed by atoms with E-state index >= 15 is 0 Å². The smallest absolute Gasteiger partial charge is 0.266 e. The molecule has 7 nitrogen and oxygen atoms in total. The van der Waals surface area contributed by atoms with Gasteiger partial charge in [0.2, 0.25) is 10.0 Å². The molecule has 0 bridgehead atoms. The van der Waals surface area contributed by atoms with Crippen molar-refractivity contribution in [3.8, 4) is 17.0 Å². The number of nitrogens with zero attached hydrogens (tertiary/aromatic N) is 2. The minimum absolute atomic E-state index is 0.0505. The first-order valence-electron chi connectivity index (χ1n) is 9.68. The Hall–Kier alpha value is -2.97. The van der Waals surface area contributed by atoms with Crippen LogP contribution >= 0.6 is 0 Å². The van der Waals surface area contributed by atoms with Crippen molar-refractivity contribution in [1.29, 1.82) is 0 Å². The lowest BCUT2D eigenvalue weighted by Gasteiger charge is -2.10. The Bertz CT molecular complexity index is 1190. The predicted molar refractivity (Wildman–Crippen MR) is 116 cm³/mol.